The van der Waals surface area contributed by atoms with Crippen LogP contribution in [-0.2, 0) is 6.18 Å². The molecule has 0 fully saturated rings. The lowest BCUT2D eigenvalue weighted by atomic mass is 10.2. The molecule has 0 aliphatic carbocycles. The van der Waals surface area contributed by atoms with E-state index in [1.807, 2.05) is 0 Å². The van der Waals surface area contributed by atoms with Crippen molar-refractivity contribution in [2.75, 3.05) is 0 Å². The van der Waals surface area contributed by atoms with Gasteiger partial charge in [0.15, 0.2) is 5.69 Å². The summed E-state index contributed by atoms with van der Waals surface area (Å²) in [5.41, 5.74) is -2.86. The summed E-state index contributed by atoms with van der Waals surface area (Å²) in [4.78, 5) is 13.4. The van der Waals surface area contributed by atoms with E-state index in [1.165, 1.54) is 0 Å². The molecule has 0 aliphatic rings. The van der Waals surface area contributed by atoms with Gasteiger partial charge in [0.25, 0.3) is 5.24 Å². The number of rotatable bonds is 1. The zero-order valence-electron chi connectivity index (χ0n) is 6.40. The van der Waals surface area contributed by atoms with Crippen molar-refractivity contribution in [1.82, 2.24) is 4.98 Å². The fourth-order valence-electron chi connectivity index (χ4n) is 0.840. The van der Waals surface area contributed by atoms with E-state index < -0.39 is 28.5 Å². The molecule has 76 valence electrons. The number of pyridine rings is 1. The van der Waals surface area contributed by atoms with Gasteiger partial charge in [-0.3, -0.25) is 9.78 Å². The first kappa shape index (κ1) is 10.9. The summed E-state index contributed by atoms with van der Waals surface area (Å²) in [6, 6.07) is 0.630. The van der Waals surface area contributed by atoms with Crippen molar-refractivity contribution in [2.24, 2.45) is 0 Å². The fraction of sp³-hybridized carbons (Fsp3) is 0.143. The van der Waals surface area contributed by atoms with E-state index in [1.54, 1.807) is 0 Å². The van der Waals surface area contributed by atoms with Gasteiger partial charge >= 0.3 is 6.18 Å². The molecular weight excluding hydrogens is 226 g/mol. The molecule has 0 amide bonds. The van der Waals surface area contributed by atoms with E-state index in [0.717, 1.165) is 0 Å². The van der Waals surface area contributed by atoms with Crippen molar-refractivity contribution >= 4 is 16.8 Å². The predicted octanol–water partition coefficient (Wildman–Crippen LogP) is 2.62. The van der Waals surface area contributed by atoms with E-state index >= 15 is 0 Å². The minimum Gasteiger partial charge on any atom is -0.275 e. The molecule has 0 spiro atoms. The summed E-state index contributed by atoms with van der Waals surface area (Å²) >= 11 is 4.80. The van der Waals surface area contributed by atoms with Crippen LogP contribution in [-0.4, -0.2) is 10.2 Å². The third-order valence-electron chi connectivity index (χ3n) is 1.37. The van der Waals surface area contributed by atoms with Crippen LogP contribution in [0, 0.1) is 5.82 Å². The highest BCUT2D eigenvalue weighted by Crippen LogP contribution is 2.31. The normalized spacial score (nSPS) is 11.5. The number of hydrogen-bond acceptors (Lipinski definition) is 2. The Morgan fingerprint density at radius 1 is 1.43 bits per heavy atom. The highest BCUT2D eigenvalue weighted by atomic mass is 35.5. The van der Waals surface area contributed by atoms with Gasteiger partial charge in [-0.2, -0.15) is 13.2 Å². The number of halogens is 5. The second-order valence-corrected chi connectivity index (χ2v) is 2.63. The molecule has 1 aromatic rings. The summed E-state index contributed by atoms with van der Waals surface area (Å²) < 4.78 is 49.2. The maximum absolute atomic E-state index is 12.8. The molecule has 0 N–H and O–H groups in total. The number of carbonyl (C=O) groups excluding carboxylic acids is 1. The van der Waals surface area contributed by atoms with Crippen molar-refractivity contribution < 1.29 is 22.4 Å². The molecule has 7 heteroatoms. The molecule has 0 atom stereocenters. The Balaban J connectivity index is 3.44. The van der Waals surface area contributed by atoms with Crippen molar-refractivity contribution in [3.8, 4) is 0 Å². The van der Waals surface area contributed by atoms with Crippen LogP contribution in [0.15, 0.2) is 12.3 Å². The predicted molar refractivity (Wildman–Crippen MR) is 39.4 cm³/mol. The number of alkyl halides is 3. The van der Waals surface area contributed by atoms with E-state index in [4.69, 9.17) is 11.6 Å². The topological polar surface area (TPSA) is 30.0 Å². The first-order chi connectivity index (χ1) is 6.34. The average molecular weight is 228 g/mol. The maximum Gasteiger partial charge on any atom is 0.434 e. The molecule has 0 unspecified atom stereocenters. The number of hydrogen-bond donors (Lipinski definition) is 0. The lowest BCUT2D eigenvalue weighted by Gasteiger charge is -2.08. The number of carbonyl (C=O) groups is 1. The molecule has 0 saturated carbocycles. The highest BCUT2D eigenvalue weighted by molar-refractivity contribution is 6.67. The molecule has 14 heavy (non-hydrogen) atoms. The Kier molecular flexibility index (Phi) is 2.75. The van der Waals surface area contributed by atoms with Crippen LogP contribution in [0.3, 0.4) is 0 Å². The SMILES string of the molecule is O=C(Cl)c1c(F)ccnc1C(F)(F)F. The second-order valence-electron chi connectivity index (χ2n) is 2.29. The van der Waals surface area contributed by atoms with Crippen LogP contribution < -0.4 is 0 Å². The van der Waals surface area contributed by atoms with E-state index in [9.17, 15) is 22.4 Å². The molecule has 0 aliphatic heterocycles. The molecular formula is C7H2ClF4NO. The first-order valence-corrected chi connectivity index (χ1v) is 3.63. The fourth-order valence-corrected chi connectivity index (χ4v) is 1.02. The second kappa shape index (κ2) is 3.53. The summed E-state index contributed by atoms with van der Waals surface area (Å²) in [5.74, 6) is -1.34. The van der Waals surface area contributed by atoms with Gasteiger partial charge in [0.1, 0.15) is 11.4 Å². The largest absolute Gasteiger partial charge is 0.434 e. The molecule has 0 radical (unpaired) electrons. The Morgan fingerprint density at radius 3 is 2.36 bits per heavy atom. The molecule has 0 saturated heterocycles. The van der Waals surface area contributed by atoms with Gasteiger partial charge in [-0.15, -0.1) is 0 Å². The van der Waals surface area contributed by atoms with Crippen LogP contribution >= 0.6 is 11.6 Å². The Morgan fingerprint density at radius 2 is 2.00 bits per heavy atom. The zero-order valence-corrected chi connectivity index (χ0v) is 7.16. The van der Waals surface area contributed by atoms with Crippen LogP contribution in [0.25, 0.3) is 0 Å². The first-order valence-electron chi connectivity index (χ1n) is 3.25. The molecule has 2 nitrogen and oxygen atoms in total. The Hall–Kier alpha value is -1.17. The van der Waals surface area contributed by atoms with Crippen LogP contribution in [0.2, 0.25) is 0 Å². The minimum atomic E-state index is -4.90. The summed E-state index contributed by atoms with van der Waals surface area (Å²) in [6.07, 6.45) is -4.29. The van der Waals surface area contributed by atoms with Gasteiger partial charge in [-0.25, -0.2) is 4.39 Å². The van der Waals surface area contributed by atoms with E-state index in [-0.39, 0.29) is 0 Å². The Labute approximate surface area is 80.5 Å². The Bertz CT molecular complexity index is 376. The maximum atomic E-state index is 12.8. The molecule has 1 aromatic heterocycles. The summed E-state index contributed by atoms with van der Waals surface area (Å²) in [6.45, 7) is 0. The number of nitrogens with zero attached hydrogens (tertiary/aromatic N) is 1. The monoisotopic (exact) mass is 227 g/mol. The van der Waals surface area contributed by atoms with Crippen molar-refractivity contribution in [2.45, 2.75) is 6.18 Å². The summed E-state index contributed by atoms with van der Waals surface area (Å²) in [5, 5.41) is -1.53. The lowest BCUT2D eigenvalue weighted by molar-refractivity contribution is -0.141. The summed E-state index contributed by atoms with van der Waals surface area (Å²) in [7, 11) is 0. The smallest absolute Gasteiger partial charge is 0.275 e. The van der Waals surface area contributed by atoms with Gasteiger partial charge in [-0.05, 0) is 17.7 Å². The van der Waals surface area contributed by atoms with Gasteiger partial charge in [-0.1, -0.05) is 0 Å². The molecule has 0 bridgehead atoms. The molecule has 0 aromatic carbocycles. The third-order valence-corrected chi connectivity index (χ3v) is 1.55. The van der Waals surface area contributed by atoms with Gasteiger partial charge in [0.2, 0.25) is 0 Å². The quantitative estimate of drug-likeness (QED) is 0.545. The minimum absolute atomic E-state index is 0.613. The van der Waals surface area contributed by atoms with Crippen molar-refractivity contribution in [1.29, 1.82) is 0 Å². The third kappa shape index (κ3) is 2.01. The van der Waals surface area contributed by atoms with E-state index in [2.05, 4.69) is 4.98 Å². The average Bonchev–Trinajstić information content (AvgIpc) is 2.01. The number of aromatic nitrogens is 1. The van der Waals surface area contributed by atoms with Gasteiger partial charge in [0.05, 0.1) is 0 Å². The van der Waals surface area contributed by atoms with Crippen LogP contribution in [0.5, 0.6) is 0 Å². The zero-order chi connectivity index (χ0) is 10.9. The van der Waals surface area contributed by atoms with E-state index in [0.29, 0.717) is 12.3 Å². The standard InChI is InChI=1S/C7H2ClF4NO/c8-6(14)4-3(9)1-2-13-5(4)7(10,11)12/h1-2H. The van der Waals surface area contributed by atoms with Crippen LogP contribution in [0.1, 0.15) is 16.1 Å². The van der Waals surface area contributed by atoms with Gasteiger partial charge < -0.3 is 0 Å². The van der Waals surface area contributed by atoms with Crippen molar-refractivity contribution in [3.05, 3.63) is 29.3 Å². The van der Waals surface area contributed by atoms with Gasteiger partial charge in [0, 0.05) is 6.20 Å². The van der Waals surface area contributed by atoms with Crippen LogP contribution in [0.4, 0.5) is 17.6 Å². The highest BCUT2D eigenvalue weighted by Gasteiger charge is 2.38. The molecule has 1 heterocycles. The molecule has 1 rings (SSSR count). The van der Waals surface area contributed by atoms with Crippen molar-refractivity contribution in [3.63, 3.8) is 0 Å². The lowest BCUT2D eigenvalue weighted by Crippen LogP contribution is -2.15.